The summed E-state index contributed by atoms with van der Waals surface area (Å²) in [5.74, 6) is -2.70. The third kappa shape index (κ3) is 16.8. The number of nitrogens with zero attached hydrogens (tertiary/aromatic N) is 7. The zero-order chi connectivity index (χ0) is 54.1. The minimum atomic E-state index is -1.79. The number of aliphatic hydroxyl groups excluding tert-OH is 4. The second-order valence-corrected chi connectivity index (χ2v) is 21.2. The summed E-state index contributed by atoms with van der Waals surface area (Å²) in [6.45, 7) is 15.5. The molecule has 4 amide bonds. The molecular weight excluding hydrogens is 959 g/mol. The number of likely N-dealkylation sites (tertiary alicyclic amines) is 1. The Hall–Kier alpha value is -4.45. The Kier molecular flexibility index (Phi) is 24.8. The van der Waals surface area contributed by atoms with Crippen LogP contribution in [0.5, 0.6) is 0 Å². The van der Waals surface area contributed by atoms with Crippen molar-refractivity contribution in [3.05, 3.63) is 64.4 Å². The van der Waals surface area contributed by atoms with Crippen molar-refractivity contribution in [2.75, 3.05) is 48.0 Å². The summed E-state index contributed by atoms with van der Waals surface area (Å²) in [5.41, 5.74) is 1.58. The van der Waals surface area contributed by atoms with Gasteiger partial charge in [0.1, 0.15) is 35.1 Å². The van der Waals surface area contributed by atoms with E-state index >= 15 is 0 Å². The van der Waals surface area contributed by atoms with Crippen LogP contribution < -0.4 is 10.6 Å². The molecular formula is C52H85N9O11S. The summed E-state index contributed by atoms with van der Waals surface area (Å²) >= 11 is 1.48. The van der Waals surface area contributed by atoms with Gasteiger partial charge in [0.2, 0.25) is 23.6 Å². The summed E-state index contributed by atoms with van der Waals surface area (Å²) in [6.07, 6.45) is -2.08. The summed E-state index contributed by atoms with van der Waals surface area (Å²) in [7, 11) is 6.35. The molecule has 21 heteroatoms. The SMILES string of the molecule is CCC(C)C(C(CC(=O)N1CCCC1C(OC)C(C)C(=O)NC(Cc1ccccc1)c1nccs1)OC)N(C)C(=O)C(NC(=O)C(C(C)C)N(C)CC(O)C(O)C(O)C(O)COCc1cn(CC)nn1)C(C)C. The molecule has 20 nitrogen and oxygen atoms in total. The van der Waals surface area contributed by atoms with Crippen molar-refractivity contribution in [2.45, 2.75) is 167 Å². The predicted molar refractivity (Wildman–Crippen MR) is 277 cm³/mol. The van der Waals surface area contributed by atoms with Crippen LogP contribution in [0.1, 0.15) is 103 Å². The van der Waals surface area contributed by atoms with Gasteiger partial charge < -0.3 is 55.1 Å². The fraction of sp³-hybridized carbons (Fsp3) is 0.712. The van der Waals surface area contributed by atoms with Crippen molar-refractivity contribution >= 4 is 35.0 Å². The second kappa shape index (κ2) is 29.6. The van der Waals surface area contributed by atoms with Crippen LogP contribution in [-0.2, 0) is 53.0 Å². The van der Waals surface area contributed by atoms with Crippen molar-refractivity contribution in [1.29, 1.82) is 0 Å². The van der Waals surface area contributed by atoms with Gasteiger partial charge in [0, 0.05) is 52.5 Å². The maximum absolute atomic E-state index is 14.7. The van der Waals surface area contributed by atoms with Crippen molar-refractivity contribution in [3.8, 4) is 0 Å². The number of hydrogen-bond donors (Lipinski definition) is 6. The molecule has 2 aromatic heterocycles. The van der Waals surface area contributed by atoms with E-state index in [1.807, 2.05) is 91.1 Å². The molecule has 13 unspecified atom stereocenters. The maximum atomic E-state index is 14.7. The number of hydrogen-bond acceptors (Lipinski definition) is 16. The van der Waals surface area contributed by atoms with Gasteiger partial charge in [0.05, 0.1) is 74.2 Å². The lowest BCUT2D eigenvalue weighted by atomic mass is 9.89. The summed E-state index contributed by atoms with van der Waals surface area (Å²) in [5, 5.41) is 60.0. The third-order valence-corrected chi connectivity index (χ3v) is 15.2. The van der Waals surface area contributed by atoms with E-state index in [0.29, 0.717) is 38.0 Å². The van der Waals surface area contributed by atoms with Crippen LogP contribution in [0.25, 0.3) is 0 Å². The maximum Gasteiger partial charge on any atom is 0.245 e. The average Bonchev–Trinajstić information content (AvgIpc) is 4.18. The molecule has 1 aliphatic heterocycles. The number of methoxy groups -OCH3 is 2. The fourth-order valence-corrected chi connectivity index (χ4v) is 10.7. The minimum absolute atomic E-state index is 0.0157. The molecule has 0 spiro atoms. The molecule has 13 atom stereocenters. The Morgan fingerprint density at radius 2 is 1.59 bits per heavy atom. The van der Waals surface area contributed by atoms with E-state index < -0.39 is 66.6 Å². The molecule has 1 aromatic carbocycles. The van der Waals surface area contributed by atoms with Gasteiger partial charge in [-0.2, -0.15) is 0 Å². The highest BCUT2D eigenvalue weighted by molar-refractivity contribution is 7.09. The van der Waals surface area contributed by atoms with Crippen LogP contribution in [0, 0.1) is 23.7 Å². The number of benzene rings is 1. The third-order valence-electron chi connectivity index (χ3n) is 14.3. The summed E-state index contributed by atoms with van der Waals surface area (Å²) in [4.78, 5) is 66.9. The van der Waals surface area contributed by atoms with Crippen molar-refractivity contribution in [2.24, 2.45) is 23.7 Å². The zero-order valence-electron chi connectivity index (χ0n) is 45.0. The van der Waals surface area contributed by atoms with Crippen LogP contribution in [0.15, 0.2) is 48.1 Å². The highest BCUT2D eigenvalue weighted by Crippen LogP contribution is 2.31. The van der Waals surface area contributed by atoms with Gasteiger partial charge in [-0.3, -0.25) is 28.8 Å². The van der Waals surface area contributed by atoms with Crippen molar-refractivity contribution in [3.63, 3.8) is 0 Å². The predicted octanol–water partition coefficient (Wildman–Crippen LogP) is 2.83. The number of rotatable bonds is 31. The van der Waals surface area contributed by atoms with Crippen LogP contribution in [0.3, 0.4) is 0 Å². The first-order valence-electron chi connectivity index (χ1n) is 25.7. The number of aliphatic hydroxyl groups is 4. The Morgan fingerprint density at radius 3 is 2.16 bits per heavy atom. The van der Waals surface area contributed by atoms with Crippen LogP contribution >= 0.6 is 11.3 Å². The standard InChI is InChI=1S/C52H85N9O11S/c1-13-33(7)45(41(70-11)26-42(64)61-23-18-21-38(61)48(71-12)34(8)49(67)54-37(51-53-22-24-73-51)25-35-19-16-15-17-20-35)59(10)52(69)43(31(3)4)55-50(68)44(32(5)6)58(9)28-39(62)46(65)47(66)40(63)30-72-29-36-27-60(14-2)57-56-36/h15-17,19-20,22,24,27,31-34,37-41,43-48,62-63,65-66H,13-14,18,21,23,25-26,28-30H2,1-12H3,(H,54,67)(H,55,68). The van der Waals surface area contributed by atoms with E-state index in [1.165, 1.54) is 18.4 Å². The molecule has 410 valence electrons. The Bertz CT molecular complexity index is 2120. The Morgan fingerprint density at radius 1 is 0.904 bits per heavy atom. The molecule has 1 aliphatic rings. The molecule has 3 aromatic rings. The topological polar surface area (TPSA) is 254 Å². The lowest BCUT2D eigenvalue weighted by Gasteiger charge is -2.41. The molecule has 0 aliphatic carbocycles. The van der Waals surface area contributed by atoms with E-state index in [-0.39, 0.29) is 73.7 Å². The monoisotopic (exact) mass is 1040 g/mol. The molecule has 3 heterocycles. The van der Waals surface area contributed by atoms with Gasteiger partial charge >= 0.3 is 0 Å². The molecule has 73 heavy (non-hydrogen) atoms. The number of nitrogens with one attached hydrogen (secondary N) is 2. The lowest BCUT2D eigenvalue weighted by molar-refractivity contribution is -0.148. The molecule has 6 N–H and O–H groups in total. The van der Waals surface area contributed by atoms with E-state index in [9.17, 15) is 39.6 Å². The minimum Gasteiger partial charge on any atom is -0.389 e. The molecule has 4 rings (SSSR count). The number of aromatic nitrogens is 4. The first kappa shape index (κ1) is 61.1. The quantitative estimate of drug-likeness (QED) is 0.0542. The molecule has 1 saturated heterocycles. The summed E-state index contributed by atoms with van der Waals surface area (Å²) in [6, 6.07) is 6.73. The van der Waals surface area contributed by atoms with E-state index in [2.05, 4.69) is 25.9 Å². The van der Waals surface area contributed by atoms with Crippen LogP contribution in [-0.4, -0.2) is 188 Å². The van der Waals surface area contributed by atoms with Gasteiger partial charge in [-0.25, -0.2) is 4.98 Å². The highest BCUT2D eigenvalue weighted by atomic mass is 32.1. The van der Waals surface area contributed by atoms with Gasteiger partial charge in [0.25, 0.3) is 0 Å². The number of carbonyl (C=O) groups excluding carboxylic acids is 4. The normalized spacial score (nSPS) is 19.1. The van der Waals surface area contributed by atoms with Gasteiger partial charge in [-0.1, -0.05) is 90.4 Å². The lowest BCUT2D eigenvalue weighted by Crippen LogP contribution is -2.60. The van der Waals surface area contributed by atoms with Crippen LogP contribution in [0.2, 0.25) is 0 Å². The van der Waals surface area contributed by atoms with Crippen LogP contribution in [0.4, 0.5) is 0 Å². The van der Waals surface area contributed by atoms with Crippen molar-refractivity contribution in [1.82, 2.24) is 45.3 Å². The number of aryl methyl sites for hydroxylation is 1. The Labute approximate surface area is 436 Å². The number of likely N-dealkylation sites (N-methyl/N-ethyl adjacent to an activating group) is 2. The van der Waals surface area contributed by atoms with E-state index in [0.717, 1.165) is 17.0 Å². The molecule has 0 saturated carbocycles. The number of thiazole rings is 1. The first-order valence-corrected chi connectivity index (χ1v) is 26.6. The zero-order valence-corrected chi connectivity index (χ0v) is 45.9. The number of ether oxygens (including phenoxy) is 3. The molecule has 0 bridgehead atoms. The van der Waals surface area contributed by atoms with Crippen molar-refractivity contribution < 1.29 is 53.8 Å². The highest BCUT2D eigenvalue weighted by Gasteiger charge is 2.44. The number of amides is 4. The molecule has 1 fully saturated rings. The van der Waals surface area contributed by atoms with E-state index in [1.54, 1.807) is 53.0 Å². The Balaban J connectivity index is 1.42. The van der Waals surface area contributed by atoms with Gasteiger partial charge in [-0.15, -0.1) is 16.4 Å². The van der Waals surface area contributed by atoms with Gasteiger partial charge in [-0.05, 0) is 56.6 Å². The largest absolute Gasteiger partial charge is 0.389 e. The van der Waals surface area contributed by atoms with E-state index in [4.69, 9.17) is 14.2 Å². The number of carbonyl (C=O) groups is 4. The summed E-state index contributed by atoms with van der Waals surface area (Å²) < 4.78 is 19.2. The second-order valence-electron chi connectivity index (χ2n) is 20.3. The smallest absolute Gasteiger partial charge is 0.245 e. The van der Waals surface area contributed by atoms with Gasteiger partial charge in [0.15, 0.2) is 0 Å². The molecule has 0 radical (unpaired) electrons. The fourth-order valence-electron chi connectivity index (χ4n) is 9.96. The average molecular weight is 1040 g/mol. The first-order chi connectivity index (χ1) is 34.7.